The van der Waals surface area contributed by atoms with E-state index in [4.69, 9.17) is 4.74 Å². The first-order valence-corrected chi connectivity index (χ1v) is 6.81. The highest BCUT2D eigenvalue weighted by atomic mass is 16.5. The quantitative estimate of drug-likeness (QED) is 0.645. The predicted molar refractivity (Wildman–Crippen MR) is 74.7 cm³/mol. The third kappa shape index (κ3) is 4.35. The van der Waals surface area contributed by atoms with E-state index in [0.29, 0.717) is 13.2 Å². The monoisotopic (exact) mass is 287 g/mol. The van der Waals surface area contributed by atoms with Gasteiger partial charge in [-0.05, 0) is 20.0 Å². The number of carboxylic acid groups (broad SMARTS) is 1. The van der Waals surface area contributed by atoms with E-state index in [1.54, 1.807) is 0 Å². The lowest BCUT2D eigenvalue weighted by Crippen LogP contribution is -2.60. The number of nitrogens with one attached hydrogen (secondary N) is 2. The van der Waals surface area contributed by atoms with E-state index in [1.807, 2.05) is 32.8 Å². The average molecular weight is 287 g/mol. The van der Waals surface area contributed by atoms with Crippen molar-refractivity contribution in [3.8, 4) is 0 Å². The molecule has 1 saturated heterocycles. The van der Waals surface area contributed by atoms with Gasteiger partial charge in [-0.2, -0.15) is 0 Å². The number of rotatable bonds is 6. The van der Waals surface area contributed by atoms with Gasteiger partial charge in [0.25, 0.3) is 0 Å². The van der Waals surface area contributed by atoms with Crippen molar-refractivity contribution in [1.82, 2.24) is 15.5 Å². The van der Waals surface area contributed by atoms with Crippen LogP contribution in [0.4, 0.5) is 4.79 Å². The van der Waals surface area contributed by atoms with Gasteiger partial charge >= 0.3 is 12.0 Å². The summed E-state index contributed by atoms with van der Waals surface area (Å²) in [5.74, 6) is -0.803. The fourth-order valence-corrected chi connectivity index (χ4v) is 2.12. The van der Waals surface area contributed by atoms with Crippen molar-refractivity contribution in [3.05, 3.63) is 0 Å². The van der Waals surface area contributed by atoms with Gasteiger partial charge in [0, 0.05) is 25.6 Å². The molecule has 0 bridgehead atoms. The fraction of sp³-hybridized carbons (Fsp3) is 0.846. The third-order valence-electron chi connectivity index (χ3n) is 3.47. The fourth-order valence-electron chi connectivity index (χ4n) is 2.12. The molecule has 0 spiro atoms. The summed E-state index contributed by atoms with van der Waals surface area (Å²) in [6.45, 7) is 5.08. The van der Waals surface area contributed by atoms with Gasteiger partial charge in [-0.25, -0.2) is 9.59 Å². The minimum Gasteiger partial charge on any atom is -0.479 e. The molecular formula is C13H25N3O4. The van der Waals surface area contributed by atoms with Crippen molar-refractivity contribution in [2.24, 2.45) is 5.92 Å². The number of aliphatic carboxylic acids is 1. The molecule has 1 rings (SSSR count). The van der Waals surface area contributed by atoms with Crippen LogP contribution in [0.2, 0.25) is 0 Å². The summed E-state index contributed by atoms with van der Waals surface area (Å²) in [7, 11) is 3.86. The van der Waals surface area contributed by atoms with Crippen molar-refractivity contribution in [2.75, 3.05) is 33.9 Å². The number of hydrogen-bond acceptors (Lipinski definition) is 4. The highest BCUT2D eigenvalue weighted by Crippen LogP contribution is 2.18. The van der Waals surface area contributed by atoms with Crippen LogP contribution < -0.4 is 10.6 Å². The first-order chi connectivity index (χ1) is 9.27. The molecule has 0 aliphatic carbocycles. The Balaban J connectivity index is 2.62. The molecule has 2 atom stereocenters. The highest BCUT2D eigenvalue weighted by molar-refractivity contribution is 5.86. The van der Waals surface area contributed by atoms with Gasteiger partial charge in [0.15, 0.2) is 5.54 Å². The summed E-state index contributed by atoms with van der Waals surface area (Å²) in [6.07, 6.45) is 0.287. The molecule has 3 N–H and O–H groups in total. The molecule has 0 saturated carbocycles. The molecule has 0 radical (unpaired) electrons. The van der Waals surface area contributed by atoms with Crippen LogP contribution in [-0.4, -0.2) is 67.4 Å². The Morgan fingerprint density at radius 3 is 2.45 bits per heavy atom. The molecule has 2 amide bonds. The zero-order chi connectivity index (χ0) is 15.3. The number of ether oxygens (including phenoxy) is 1. The predicted octanol–water partition coefficient (Wildman–Crippen LogP) is 0.116. The molecule has 20 heavy (non-hydrogen) atoms. The molecule has 1 aliphatic heterocycles. The molecule has 7 heteroatoms. The minimum absolute atomic E-state index is 0.00970. The van der Waals surface area contributed by atoms with Crippen LogP contribution in [0.3, 0.4) is 0 Å². The third-order valence-corrected chi connectivity index (χ3v) is 3.47. The first-order valence-electron chi connectivity index (χ1n) is 6.81. The molecule has 0 aromatic carbocycles. The van der Waals surface area contributed by atoms with E-state index in [2.05, 4.69) is 10.6 Å². The number of urea groups is 1. The van der Waals surface area contributed by atoms with E-state index in [1.165, 1.54) is 0 Å². The van der Waals surface area contributed by atoms with Crippen molar-refractivity contribution < 1.29 is 19.4 Å². The lowest BCUT2D eigenvalue weighted by atomic mass is 9.99. The Hall–Kier alpha value is -1.34. The normalized spacial score (nSPS) is 23.9. The zero-order valence-electron chi connectivity index (χ0n) is 12.6. The van der Waals surface area contributed by atoms with Crippen LogP contribution in [0.1, 0.15) is 20.3 Å². The number of nitrogens with zero attached hydrogens (tertiary/aromatic N) is 1. The van der Waals surface area contributed by atoms with Crippen LogP contribution in [0.15, 0.2) is 0 Å². The first kappa shape index (κ1) is 16.7. The largest absolute Gasteiger partial charge is 0.479 e. The summed E-state index contributed by atoms with van der Waals surface area (Å²) in [5.41, 5.74) is -1.30. The second kappa shape index (κ2) is 6.90. The van der Waals surface area contributed by atoms with Gasteiger partial charge in [0.2, 0.25) is 0 Å². The Kier molecular flexibility index (Phi) is 5.76. The molecular weight excluding hydrogens is 262 g/mol. The molecule has 2 unspecified atom stereocenters. The molecule has 1 heterocycles. The number of carbonyl (C=O) groups is 2. The summed E-state index contributed by atoms with van der Waals surface area (Å²) in [4.78, 5) is 25.4. The molecule has 1 aliphatic rings. The van der Waals surface area contributed by atoms with E-state index >= 15 is 0 Å². The number of likely N-dealkylation sites (N-methyl/N-ethyl adjacent to an activating group) is 1. The van der Waals surface area contributed by atoms with Gasteiger partial charge in [-0.15, -0.1) is 0 Å². The summed E-state index contributed by atoms with van der Waals surface area (Å²) >= 11 is 0. The van der Waals surface area contributed by atoms with Crippen LogP contribution in [0, 0.1) is 5.92 Å². The van der Waals surface area contributed by atoms with Gasteiger partial charge < -0.3 is 25.4 Å². The number of hydrogen-bond donors (Lipinski definition) is 3. The lowest BCUT2D eigenvalue weighted by molar-refractivity contribution is -0.144. The van der Waals surface area contributed by atoms with Gasteiger partial charge in [0.05, 0.1) is 6.61 Å². The van der Waals surface area contributed by atoms with E-state index in [9.17, 15) is 14.7 Å². The van der Waals surface area contributed by atoms with Crippen LogP contribution in [0.25, 0.3) is 0 Å². The van der Waals surface area contributed by atoms with Crippen molar-refractivity contribution in [1.29, 1.82) is 0 Å². The number of carboxylic acids is 1. The molecule has 7 nitrogen and oxygen atoms in total. The summed E-state index contributed by atoms with van der Waals surface area (Å²) in [6, 6.07) is -0.503. The Morgan fingerprint density at radius 1 is 1.40 bits per heavy atom. The maximum Gasteiger partial charge on any atom is 0.332 e. The van der Waals surface area contributed by atoms with E-state index in [-0.39, 0.29) is 25.0 Å². The van der Waals surface area contributed by atoms with Crippen molar-refractivity contribution in [2.45, 2.75) is 31.8 Å². The average Bonchev–Trinajstić information content (AvgIpc) is 2.77. The second-order valence-electron chi connectivity index (χ2n) is 5.90. The zero-order valence-corrected chi connectivity index (χ0v) is 12.6. The Labute approximate surface area is 119 Å². The van der Waals surface area contributed by atoms with Crippen LogP contribution in [-0.2, 0) is 9.53 Å². The maximum atomic E-state index is 12.0. The molecule has 1 fully saturated rings. The highest BCUT2D eigenvalue weighted by Gasteiger charge is 2.44. The standard InChI is InChI=1S/C13H25N3O4/c1-9(2)10(7-16(3)4)14-12(19)15-13(11(17)18)5-6-20-8-13/h9-10H,5-8H2,1-4H3,(H,17,18)(H2,14,15,19). The van der Waals surface area contributed by atoms with Crippen LogP contribution in [0.5, 0.6) is 0 Å². The molecule has 0 aromatic heterocycles. The second-order valence-corrected chi connectivity index (χ2v) is 5.90. The van der Waals surface area contributed by atoms with E-state index in [0.717, 1.165) is 0 Å². The smallest absolute Gasteiger partial charge is 0.332 e. The van der Waals surface area contributed by atoms with Gasteiger partial charge in [-0.1, -0.05) is 13.8 Å². The lowest BCUT2D eigenvalue weighted by Gasteiger charge is -2.29. The minimum atomic E-state index is -1.30. The summed E-state index contributed by atoms with van der Waals surface area (Å²) < 4.78 is 5.11. The number of amides is 2. The Bertz CT molecular complexity index is 352. The van der Waals surface area contributed by atoms with E-state index < -0.39 is 17.5 Å². The van der Waals surface area contributed by atoms with Crippen LogP contribution >= 0.6 is 0 Å². The number of carbonyl (C=O) groups excluding carboxylic acids is 1. The van der Waals surface area contributed by atoms with Gasteiger partial charge in [0.1, 0.15) is 0 Å². The molecule has 0 aromatic rings. The maximum absolute atomic E-state index is 12.0. The van der Waals surface area contributed by atoms with Crippen molar-refractivity contribution >= 4 is 12.0 Å². The van der Waals surface area contributed by atoms with Crippen molar-refractivity contribution in [3.63, 3.8) is 0 Å². The van der Waals surface area contributed by atoms with Gasteiger partial charge in [-0.3, -0.25) is 0 Å². The summed E-state index contributed by atoms with van der Waals surface area (Å²) in [5, 5.41) is 14.7. The molecule has 116 valence electrons. The Morgan fingerprint density at radius 2 is 2.05 bits per heavy atom. The topological polar surface area (TPSA) is 90.9 Å². The SMILES string of the molecule is CC(C)C(CN(C)C)NC(=O)NC1(C(=O)O)CCOC1.